The lowest BCUT2D eigenvalue weighted by molar-refractivity contribution is -0.148. The number of carbonyl (C=O) groups excluding carboxylic acids is 7. The number of hydrogen-bond donors (Lipinski definition) is 3. The monoisotopic (exact) mass is 923 g/mol. The van der Waals surface area contributed by atoms with Crippen LogP contribution in [0.3, 0.4) is 0 Å². The number of nitrogens with zero attached hydrogens (tertiary/aromatic N) is 4. The summed E-state index contributed by atoms with van der Waals surface area (Å²) in [6.45, 7) is 15.5. The average molecular weight is 923 g/mol. The second kappa shape index (κ2) is 26.1. The number of ether oxygens (including phenoxy) is 2. The van der Waals surface area contributed by atoms with Crippen LogP contribution in [-0.4, -0.2) is 156 Å². The zero-order chi connectivity index (χ0) is 49.4. The molecule has 3 N–H and O–H groups in total. The van der Waals surface area contributed by atoms with Crippen molar-refractivity contribution in [1.29, 1.82) is 0 Å². The Balaban J connectivity index is 1.71. The molecule has 2 aliphatic rings. The minimum Gasteiger partial charge on any atom is -0.480 e. The molecule has 0 unspecified atom stereocenters. The third-order valence-corrected chi connectivity index (χ3v) is 13.1. The third kappa shape index (κ3) is 14.5. The molecule has 9 atom stereocenters. The molecule has 2 aliphatic heterocycles. The van der Waals surface area contributed by atoms with E-state index in [4.69, 9.17) is 9.47 Å². The van der Waals surface area contributed by atoms with Crippen molar-refractivity contribution in [2.24, 2.45) is 17.8 Å². The molecule has 7 amide bonds. The molecule has 0 saturated carbocycles. The first-order valence-corrected chi connectivity index (χ1v) is 23.1. The number of methoxy groups -OCH3 is 2. The van der Waals surface area contributed by atoms with Crippen LogP contribution >= 0.6 is 0 Å². The molecule has 0 bridgehead atoms. The number of carboxylic acid groups (broad SMARTS) is 1. The highest BCUT2D eigenvalue weighted by Crippen LogP contribution is 2.30. The Hall–Kier alpha value is -5.42. The van der Waals surface area contributed by atoms with Crippen LogP contribution in [0.15, 0.2) is 54.6 Å². The van der Waals surface area contributed by atoms with E-state index in [1.54, 1.807) is 55.0 Å². The lowest BCUT2D eigenvalue weighted by atomic mass is 9.89. The number of rotatable bonds is 27. The number of aliphatic carboxylic acids is 1. The Labute approximate surface area is 390 Å². The fourth-order valence-corrected chi connectivity index (χ4v) is 9.05. The van der Waals surface area contributed by atoms with Crippen LogP contribution in [-0.2, 0) is 54.3 Å². The van der Waals surface area contributed by atoms with Crippen molar-refractivity contribution in [2.45, 2.75) is 142 Å². The third-order valence-electron chi connectivity index (χ3n) is 13.1. The molecule has 366 valence electrons. The van der Waals surface area contributed by atoms with E-state index in [0.717, 1.165) is 10.5 Å². The number of carbonyl (C=O) groups is 8. The van der Waals surface area contributed by atoms with Gasteiger partial charge in [-0.15, -0.1) is 0 Å². The van der Waals surface area contributed by atoms with Gasteiger partial charge in [0, 0.05) is 66.4 Å². The van der Waals surface area contributed by atoms with Gasteiger partial charge in [0.1, 0.15) is 18.1 Å². The van der Waals surface area contributed by atoms with Crippen molar-refractivity contribution < 1.29 is 52.9 Å². The number of amides is 7. The van der Waals surface area contributed by atoms with Crippen molar-refractivity contribution in [3.05, 3.63) is 60.2 Å². The summed E-state index contributed by atoms with van der Waals surface area (Å²) in [5.74, 6) is -5.23. The summed E-state index contributed by atoms with van der Waals surface area (Å²) < 4.78 is 11.9. The molecule has 17 nitrogen and oxygen atoms in total. The van der Waals surface area contributed by atoms with Crippen molar-refractivity contribution in [3.63, 3.8) is 0 Å². The zero-order valence-corrected chi connectivity index (χ0v) is 40.6. The number of likely N-dealkylation sites (tertiary alicyclic amines) is 1. The van der Waals surface area contributed by atoms with Crippen LogP contribution in [0.4, 0.5) is 0 Å². The quantitative estimate of drug-likeness (QED) is 0.0657. The minimum absolute atomic E-state index is 0.0934. The maximum Gasteiger partial charge on any atom is 0.326 e. The van der Waals surface area contributed by atoms with Gasteiger partial charge >= 0.3 is 5.97 Å². The summed E-state index contributed by atoms with van der Waals surface area (Å²) in [7, 11) is 6.11. The van der Waals surface area contributed by atoms with Gasteiger partial charge < -0.3 is 39.9 Å². The number of unbranched alkanes of at least 4 members (excludes halogenated alkanes) is 2. The molecule has 1 saturated heterocycles. The van der Waals surface area contributed by atoms with Gasteiger partial charge in [0.25, 0.3) is 11.8 Å². The molecule has 66 heavy (non-hydrogen) atoms. The Morgan fingerprint density at radius 2 is 1.53 bits per heavy atom. The van der Waals surface area contributed by atoms with Crippen LogP contribution in [0, 0.1) is 17.8 Å². The van der Waals surface area contributed by atoms with Crippen LogP contribution in [0.1, 0.15) is 98.5 Å². The standard InChI is InChI=1S/C49H74N6O11/c1-12-32(6)44(37(65-10)29-41(59)54-27-19-22-36(54)45(66-11)33(7)46(60)50-35(49(63)64)28-34-20-15-13-16-21-34)53(9)48(62)42(30(2)3)51-47(61)43(31(4)5)52(8)38(56)23-17-14-18-26-55-39(57)24-25-40(55)58/h13,15-16,20-21,24-25,30,32-33,35-37,42-45H,4,12,14,17-19,22-23,26-29H2,1-3,5-11H3,(H,50,60)(H,51,61)(H,63,64)/t32-,33+,35-,36-,37+,42-,43-,44-,45+/m0/s1. The van der Waals surface area contributed by atoms with Crippen LogP contribution in [0.25, 0.3) is 0 Å². The summed E-state index contributed by atoms with van der Waals surface area (Å²) in [5.41, 5.74) is 1.16. The number of imide groups is 1. The molecule has 3 rings (SSSR count). The lowest BCUT2D eigenvalue weighted by Gasteiger charge is -2.41. The molecular weight excluding hydrogens is 849 g/mol. The molecular formula is C49H74N6O11. The largest absolute Gasteiger partial charge is 0.480 e. The first-order valence-electron chi connectivity index (χ1n) is 23.1. The number of likely N-dealkylation sites (N-methyl/N-ethyl adjacent to an activating group) is 2. The molecule has 0 aliphatic carbocycles. The normalized spacial score (nSPS) is 18.5. The van der Waals surface area contributed by atoms with Crippen molar-refractivity contribution in [2.75, 3.05) is 41.4 Å². The topological polar surface area (TPSA) is 212 Å². The fraction of sp³-hybridized carbons (Fsp3) is 0.633. The predicted molar refractivity (Wildman–Crippen MR) is 248 cm³/mol. The average Bonchev–Trinajstić information content (AvgIpc) is 3.89. The van der Waals surface area contributed by atoms with Gasteiger partial charge in [-0.3, -0.25) is 38.5 Å². The molecule has 0 radical (unpaired) electrons. The maximum absolute atomic E-state index is 14.5. The van der Waals surface area contributed by atoms with E-state index in [-0.39, 0.29) is 61.3 Å². The van der Waals surface area contributed by atoms with Gasteiger partial charge in [0.2, 0.25) is 29.5 Å². The highest BCUT2D eigenvalue weighted by molar-refractivity contribution is 6.12. The Morgan fingerprint density at radius 1 is 0.894 bits per heavy atom. The molecule has 1 aromatic carbocycles. The Kier molecular flexibility index (Phi) is 21.7. The Bertz CT molecular complexity index is 1890. The lowest BCUT2D eigenvalue weighted by Crippen LogP contribution is -2.60. The van der Waals surface area contributed by atoms with E-state index in [2.05, 4.69) is 17.2 Å². The first-order chi connectivity index (χ1) is 31.2. The smallest absolute Gasteiger partial charge is 0.326 e. The number of hydrogen-bond acceptors (Lipinski definition) is 10. The first kappa shape index (κ1) is 54.9. The second-order valence-corrected chi connectivity index (χ2v) is 18.1. The highest BCUT2D eigenvalue weighted by Gasteiger charge is 2.43. The van der Waals surface area contributed by atoms with Crippen molar-refractivity contribution >= 4 is 47.3 Å². The second-order valence-electron chi connectivity index (χ2n) is 18.1. The van der Waals surface area contributed by atoms with Gasteiger partial charge in [-0.1, -0.05) is 84.4 Å². The van der Waals surface area contributed by atoms with Gasteiger partial charge in [-0.25, -0.2) is 4.79 Å². The van der Waals surface area contributed by atoms with Crippen LogP contribution in [0.5, 0.6) is 0 Å². The van der Waals surface area contributed by atoms with Crippen LogP contribution < -0.4 is 10.6 Å². The van der Waals surface area contributed by atoms with E-state index in [1.165, 1.54) is 38.3 Å². The molecule has 1 fully saturated rings. The van der Waals surface area contributed by atoms with E-state index in [1.807, 2.05) is 33.8 Å². The van der Waals surface area contributed by atoms with Crippen molar-refractivity contribution in [3.8, 4) is 0 Å². The fourth-order valence-electron chi connectivity index (χ4n) is 9.05. The summed E-state index contributed by atoms with van der Waals surface area (Å²) in [6, 6.07) is 4.69. The maximum atomic E-state index is 14.5. The number of carboxylic acids is 1. The van der Waals surface area contributed by atoms with Gasteiger partial charge in [-0.05, 0) is 55.6 Å². The molecule has 2 heterocycles. The van der Waals surface area contributed by atoms with E-state index in [0.29, 0.717) is 50.6 Å². The summed E-state index contributed by atoms with van der Waals surface area (Å²) in [5, 5.41) is 15.5. The molecule has 0 spiro atoms. The summed E-state index contributed by atoms with van der Waals surface area (Å²) >= 11 is 0. The molecule has 1 aromatic rings. The molecule has 0 aromatic heterocycles. The van der Waals surface area contributed by atoms with Crippen molar-refractivity contribution in [1.82, 2.24) is 30.2 Å². The van der Waals surface area contributed by atoms with E-state index < -0.39 is 72.0 Å². The number of benzene rings is 1. The Morgan fingerprint density at radius 3 is 2.08 bits per heavy atom. The highest BCUT2D eigenvalue weighted by atomic mass is 16.5. The van der Waals surface area contributed by atoms with Gasteiger partial charge in [-0.2, -0.15) is 0 Å². The van der Waals surface area contributed by atoms with Gasteiger partial charge in [0.05, 0.1) is 36.6 Å². The van der Waals surface area contributed by atoms with E-state index in [9.17, 15) is 43.5 Å². The van der Waals surface area contributed by atoms with E-state index >= 15 is 0 Å². The summed E-state index contributed by atoms with van der Waals surface area (Å²) in [6.07, 6.45) is 4.53. The number of nitrogens with one attached hydrogen (secondary N) is 2. The predicted octanol–water partition coefficient (Wildman–Crippen LogP) is 3.75. The van der Waals surface area contributed by atoms with Crippen LogP contribution in [0.2, 0.25) is 0 Å². The minimum atomic E-state index is -1.17. The molecule has 17 heteroatoms. The van der Waals surface area contributed by atoms with Gasteiger partial charge in [0.15, 0.2) is 0 Å². The SMILES string of the molecule is C=C(C)[C@@H](C(=O)N[C@H](C(=O)N(C)[C@@H]([C@@H](C)CC)[C@@H](CC(=O)N1CCC[C@H]1[C@H](OC)[C@@H](C)C(=O)N[C@@H](Cc1ccccc1)C(=O)O)OC)C(C)C)N(C)C(=O)CCCCCN1C(=O)C=CC1=O. The summed E-state index contributed by atoms with van der Waals surface area (Å²) in [4.78, 5) is 111. The zero-order valence-electron chi connectivity index (χ0n) is 40.6.